The summed E-state index contributed by atoms with van der Waals surface area (Å²) in [5.74, 6) is 1.04. The number of nitrogens with one attached hydrogen (secondary N) is 1. The fraction of sp³-hybridized carbons (Fsp3) is 0.533. The van der Waals surface area contributed by atoms with E-state index >= 15 is 0 Å². The lowest BCUT2D eigenvalue weighted by atomic mass is 9.93. The first-order valence-electron chi connectivity index (χ1n) is 7.08. The Balaban J connectivity index is 1.78. The third-order valence-corrected chi connectivity index (χ3v) is 4.38. The molecular formula is C15H20N2O3. The molecule has 2 N–H and O–H groups in total. The van der Waals surface area contributed by atoms with Crippen LogP contribution >= 0.6 is 0 Å². The molecule has 2 saturated heterocycles. The number of amides is 1. The van der Waals surface area contributed by atoms with Gasteiger partial charge in [-0.25, -0.2) is 0 Å². The number of hydrogen-bond donors (Lipinski definition) is 2. The number of methoxy groups -OCH3 is 1. The molecule has 1 aromatic carbocycles. The van der Waals surface area contributed by atoms with Crippen molar-refractivity contribution < 1.29 is 14.6 Å². The van der Waals surface area contributed by atoms with Crippen LogP contribution in [0.2, 0.25) is 0 Å². The number of benzene rings is 1. The van der Waals surface area contributed by atoms with Gasteiger partial charge in [-0.2, -0.15) is 0 Å². The lowest BCUT2D eigenvalue weighted by molar-refractivity contribution is 0.0658. The van der Waals surface area contributed by atoms with Crippen LogP contribution in [-0.4, -0.2) is 48.7 Å². The van der Waals surface area contributed by atoms with E-state index in [1.807, 2.05) is 4.90 Å². The number of carbonyl (C=O) groups excluding carboxylic acids is 1. The molecule has 0 spiro atoms. The zero-order valence-electron chi connectivity index (χ0n) is 11.6. The van der Waals surface area contributed by atoms with Crippen molar-refractivity contribution in [3.8, 4) is 11.5 Å². The van der Waals surface area contributed by atoms with E-state index in [4.69, 9.17) is 4.74 Å². The molecule has 0 aliphatic carbocycles. The number of phenolic OH excluding ortho intramolecular Hbond substituents is 1. The van der Waals surface area contributed by atoms with Gasteiger partial charge in [0.05, 0.1) is 12.7 Å². The number of carbonyl (C=O) groups is 1. The van der Waals surface area contributed by atoms with Crippen LogP contribution < -0.4 is 10.1 Å². The van der Waals surface area contributed by atoms with Crippen LogP contribution in [0.3, 0.4) is 0 Å². The first-order chi connectivity index (χ1) is 9.69. The lowest BCUT2D eigenvalue weighted by Gasteiger charge is -2.35. The van der Waals surface area contributed by atoms with Crippen LogP contribution in [0.4, 0.5) is 0 Å². The maximum atomic E-state index is 12.6. The molecule has 0 aromatic heterocycles. The number of hydrogen-bond acceptors (Lipinski definition) is 4. The third kappa shape index (κ3) is 2.33. The van der Waals surface area contributed by atoms with Crippen molar-refractivity contribution in [1.82, 2.24) is 10.2 Å². The van der Waals surface area contributed by atoms with Gasteiger partial charge < -0.3 is 20.1 Å². The van der Waals surface area contributed by atoms with Crippen LogP contribution in [-0.2, 0) is 0 Å². The van der Waals surface area contributed by atoms with E-state index in [9.17, 15) is 9.90 Å². The van der Waals surface area contributed by atoms with Gasteiger partial charge in [0, 0.05) is 19.1 Å². The summed E-state index contributed by atoms with van der Waals surface area (Å²) < 4.78 is 5.12. The first-order valence-corrected chi connectivity index (χ1v) is 7.08. The molecule has 0 bridgehead atoms. The van der Waals surface area contributed by atoms with Gasteiger partial charge in [-0.3, -0.25) is 4.79 Å². The molecule has 5 heteroatoms. The summed E-state index contributed by atoms with van der Waals surface area (Å²) in [6.45, 7) is 2.55. The summed E-state index contributed by atoms with van der Waals surface area (Å²) in [5.41, 5.74) is 0.328. The highest BCUT2D eigenvalue weighted by Gasteiger charge is 2.35. The lowest BCUT2D eigenvalue weighted by Crippen LogP contribution is -2.46. The van der Waals surface area contributed by atoms with E-state index in [0.29, 0.717) is 23.3 Å². The molecule has 2 fully saturated rings. The molecule has 3 rings (SSSR count). The van der Waals surface area contributed by atoms with E-state index in [1.54, 1.807) is 19.2 Å². The maximum absolute atomic E-state index is 12.6. The minimum atomic E-state index is -0.105. The molecule has 2 heterocycles. The second-order valence-electron chi connectivity index (χ2n) is 5.53. The number of phenols is 1. The van der Waals surface area contributed by atoms with Crippen LogP contribution in [0.5, 0.6) is 11.5 Å². The fourth-order valence-electron chi connectivity index (χ4n) is 3.22. The van der Waals surface area contributed by atoms with E-state index in [-0.39, 0.29) is 11.7 Å². The van der Waals surface area contributed by atoms with Crippen LogP contribution in [0.15, 0.2) is 18.2 Å². The van der Waals surface area contributed by atoms with Crippen molar-refractivity contribution in [3.05, 3.63) is 23.8 Å². The van der Waals surface area contributed by atoms with Crippen molar-refractivity contribution in [2.75, 3.05) is 26.7 Å². The van der Waals surface area contributed by atoms with E-state index in [2.05, 4.69) is 5.32 Å². The summed E-state index contributed by atoms with van der Waals surface area (Å²) >= 11 is 0. The molecule has 5 nitrogen and oxygen atoms in total. The summed E-state index contributed by atoms with van der Waals surface area (Å²) in [5, 5.41) is 13.4. The Morgan fingerprint density at radius 3 is 3.10 bits per heavy atom. The average Bonchev–Trinajstić information content (AvgIpc) is 2.94. The smallest absolute Gasteiger partial charge is 0.257 e. The zero-order chi connectivity index (χ0) is 14.1. The number of likely N-dealkylation sites (tertiary alicyclic amines) is 1. The van der Waals surface area contributed by atoms with Gasteiger partial charge in [0.15, 0.2) is 0 Å². The second-order valence-corrected chi connectivity index (χ2v) is 5.53. The Bertz CT molecular complexity index is 518. The predicted octanol–water partition coefficient (Wildman–Crippen LogP) is 1.22. The van der Waals surface area contributed by atoms with Gasteiger partial charge in [-0.15, -0.1) is 0 Å². The minimum Gasteiger partial charge on any atom is -0.507 e. The number of nitrogens with zero attached hydrogens (tertiary/aromatic N) is 1. The number of aromatic hydroxyl groups is 1. The molecular weight excluding hydrogens is 256 g/mol. The van der Waals surface area contributed by atoms with Gasteiger partial charge >= 0.3 is 0 Å². The van der Waals surface area contributed by atoms with Crippen molar-refractivity contribution >= 4 is 5.91 Å². The summed E-state index contributed by atoms with van der Waals surface area (Å²) in [6.07, 6.45) is 2.11. The summed E-state index contributed by atoms with van der Waals surface area (Å²) in [7, 11) is 1.55. The Morgan fingerprint density at radius 2 is 2.30 bits per heavy atom. The monoisotopic (exact) mass is 276 g/mol. The number of ether oxygens (including phenoxy) is 1. The Morgan fingerprint density at radius 1 is 1.45 bits per heavy atom. The topological polar surface area (TPSA) is 61.8 Å². The molecule has 2 atom stereocenters. The number of fused-ring (bicyclic) bond motifs is 1. The molecule has 20 heavy (non-hydrogen) atoms. The highest BCUT2D eigenvalue weighted by Crippen LogP contribution is 2.29. The quantitative estimate of drug-likeness (QED) is 0.853. The summed E-state index contributed by atoms with van der Waals surface area (Å²) in [4.78, 5) is 14.4. The molecule has 2 aliphatic rings. The SMILES string of the molecule is COc1ccc(O)c(C(=O)N2CCC3NCCC3C2)c1. The first kappa shape index (κ1) is 13.2. The molecule has 1 amide bonds. The molecule has 108 valence electrons. The van der Waals surface area contributed by atoms with Crippen LogP contribution in [0, 0.1) is 5.92 Å². The van der Waals surface area contributed by atoms with Crippen LogP contribution in [0.1, 0.15) is 23.2 Å². The van der Waals surface area contributed by atoms with Crippen LogP contribution in [0.25, 0.3) is 0 Å². The average molecular weight is 276 g/mol. The van der Waals surface area contributed by atoms with Crippen molar-refractivity contribution in [1.29, 1.82) is 0 Å². The number of rotatable bonds is 2. The van der Waals surface area contributed by atoms with Gasteiger partial charge in [-0.05, 0) is 43.5 Å². The minimum absolute atomic E-state index is 0.0162. The maximum Gasteiger partial charge on any atom is 0.257 e. The van der Waals surface area contributed by atoms with Gasteiger partial charge in [0.25, 0.3) is 5.91 Å². The highest BCUT2D eigenvalue weighted by molar-refractivity contribution is 5.97. The highest BCUT2D eigenvalue weighted by atomic mass is 16.5. The Kier molecular flexibility index (Phi) is 3.53. The van der Waals surface area contributed by atoms with E-state index < -0.39 is 0 Å². The summed E-state index contributed by atoms with van der Waals surface area (Å²) in [6, 6.07) is 5.32. The molecule has 1 aromatic rings. The zero-order valence-corrected chi connectivity index (χ0v) is 11.6. The van der Waals surface area contributed by atoms with E-state index in [0.717, 1.165) is 32.5 Å². The van der Waals surface area contributed by atoms with Crippen molar-refractivity contribution in [2.45, 2.75) is 18.9 Å². The fourth-order valence-corrected chi connectivity index (χ4v) is 3.22. The van der Waals surface area contributed by atoms with E-state index in [1.165, 1.54) is 6.07 Å². The second kappa shape index (κ2) is 5.32. The largest absolute Gasteiger partial charge is 0.507 e. The molecule has 0 saturated carbocycles. The third-order valence-electron chi connectivity index (χ3n) is 4.38. The Labute approximate surface area is 118 Å². The normalized spacial score (nSPS) is 25.4. The standard InChI is InChI=1S/C15H20N2O3/c1-20-11-2-3-14(18)12(8-11)15(19)17-7-5-13-10(9-17)4-6-16-13/h2-3,8,10,13,16,18H,4-7,9H2,1H3. The van der Waals surface area contributed by atoms with Crippen molar-refractivity contribution in [3.63, 3.8) is 0 Å². The number of piperidine rings is 1. The molecule has 0 radical (unpaired) electrons. The van der Waals surface area contributed by atoms with Crippen molar-refractivity contribution in [2.24, 2.45) is 5.92 Å². The molecule has 2 aliphatic heterocycles. The Hall–Kier alpha value is -1.75. The van der Waals surface area contributed by atoms with Gasteiger partial charge in [-0.1, -0.05) is 0 Å². The molecule has 2 unspecified atom stereocenters. The van der Waals surface area contributed by atoms with Gasteiger partial charge in [0.2, 0.25) is 0 Å². The predicted molar refractivity (Wildman–Crippen MR) is 75.1 cm³/mol. The van der Waals surface area contributed by atoms with Gasteiger partial charge in [0.1, 0.15) is 11.5 Å².